The lowest BCUT2D eigenvalue weighted by molar-refractivity contribution is 0.354. The van der Waals surface area contributed by atoms with Gasteiger partial charge in [-0.25, -0.2) is 0 Å². The molecule has 0 saturated carbocycles. The van der Waals surface area contributed by atoms with Crippen molar-refractivity contribution in [2.45, 2.75) is 0 Å². The van der Waals surface area contributed by atoms with Gasteiger partial charge in [-0.05, 0) is 0 Å². The Kier molecular flexibility index (Phi) is 2.91. The summed E-state index contributed by atoms with van der Waals surface area (Å²) >= 11 is 0. The van der Waals surface area contributed by atoms with Gasteiger partial charge in [-0.3, -0.25) is 4.98 Å². The summed E-state index contributed by atoms with van der Waals surface area (Å²) in [5, 5.41) is 2.84. The first-order valence-corrected chi connectivity index (χ1v) is 3.43. The molecule has 4 nitrogen and oxygen atoms in total. The van der Waals surface area contributed by atoms with Gasteiger partial charge < -0.3 is 10.1 Å². The largest absolute Gasteiger partial charge is 0.463 e. The highest BCUT2D eigenvalue weighted by molar-refractivity contribution is 5.31. The second kappa shape index (κ2) is 4.19. The monoisotopic (exact) mass is 163 g/mol. The van der Waals surface area contributed by atoms with E-state index in [1.165, 1.54) is 6.20 Å². The highest BCUT2D eigenvalue weighted by Gasteiger charge is 1.95. The topological polar surface area (TPSA) is 47.0 Å². The standard InChI is InChI=1S/C8H9N3O/c1-3-4-12-8-6-10-5-7(9-2)11-8/h1,5-6H,4H2,2H3,(H,9,11). The number of rotatable bonds is 3. The molecule has 1 aromatic heterocycles. The van der Waals surface area contributed by atoms with Crippen molar-refractivity contribution in [3.05, 3.63) is 12.4 Å². The quantitative estimate of drug-likeness (QED) is 0.660. The molecular weight excluding hydrogens is 154 g/mol. The number of terminal acetylenes is 1. The van der Waals surface area contributed by atoms with E-state index >= 15 is 0 Å². The van der Waals surface area contributed by atoms with E-state index in [9.17, 15) is 0 Å². The Morgan fingerprint density at radius 1 is 1.67 bits per heavy atom. The van der Waals surface area contributed by atoms with Crippen LogP contribution < -0.4 is 10.1 Å². The van der Waals surface area contributed by atoms with Gasteiger partial charge in [0.2, 0.25) is 5.88 Å². The van der Waals surface area contributed by atoms with E-state index in [-0.39, 0.29) is 6.61 Å². The van der Waals surface area contributed by atoms with E-state index in [0.717, 1.165) is 0 Å². The molecule has 12 heavy (non-hydrogen) atoms. The van der Waals surface area contributed by atoms with Gasteiger partial charge in [-0.2, -0.15) is 4.98 Å². The van der Waals surface area contributed by atoms with Crippen LogP contribution in [0.15, 0.2) is 12.4 Å². The normalized spacial score (nSPS) is 8.67. The maximum Gasteiger partial charge on any atom is 0.235 e. The smallest absolute Gasteiger partial charge is 0.235 e. The molecule has 0 aliphatic heterocycles. The molecule has 0 bridgehead atoms. The SMILES string of the molecule is C#CCOc1cncc(NC)n1. The summed E-state index contributed by atoms with van der Waals surface area (Å²) in [4.78, 5) is 7.93. The fourth-order valence-corrected chi connectivity index (χ4v) is 0.654. The van der Waals surface area contributed by atoms with Gasteiger partial charge in [0.1, 0.15) is 5.82 Å². The Morgan fingerprint density at radius 3 is 3.17 bits per heavy atom. The van der Waals surface area contributed by atoms with Crippen LogP contribution in [0.4, 0.5) is 5.82 Å². The number of aromatic nitrogens is 2. The molecule has 0 fully saturated rings. The molecule has 1 aromatic rings. The van der Waals surface area contributed by atoms with Crippen LogP contribution in [-0.4, -0.2) is 23.6 Å². The van der Waals surface area contributed by atoms with Gasteiger partial charge in [0.15, 0.2) is 6.61 Å². The average molecular weight is 163 g/mol. The second-order valence-electron chi connectivity index (χ2n) is 1.99. The summed E-state index contributed by atoms with van der Waals surface area (Å²) in [6.07, 6.45) is 8.12. The number of anilines is 1. The van der Waals surface area contributed by atoms with Crippen LogP contribution in [0.3, 0.4) is 0 Å². The van der Waals surface area contributed by atoms with Crippen molar-refractivity contribution in [2.24, 2.45) is 0 Å². The van der Waals surface area contributed by atoms with E-state index in [2.05, 4.69) is 21.2 Å². The molecule has 0 amide bonds. The predicted molar refractivity (Wildman–Crippen MR) is 45.9 cm³/mol. The lowest BCUT2D eigenvalue weighted by Gasteiger charge is -2.01. The maximum absolute atomic E-state index is 5.05. The summed E-state index contributed by atoms with van der Waals surface area (Å²) in [5.74, 6) is 3.43. The maximum atomic E-state index is 5.05. The van der Waals surface area contributed by atoms with Crippen LogP contribution >= 0.6 is 0 Å². The van der Waals surface area contributed by atoms with Crippen molar-refractivity contribution >= 4 is 5.82 Å². The Bertz CT molecular complexity index is 293. The summed E-state index contributed by atoms with van der Waals surface area (Å²) in [6.45, 7) is 0.210. The lowest BCUT2D eigenvalue weighted by Crippen LogP contribution is -1.99. The van der Waals surface area contributed by atoms with Gasteiger partial charge in [0.05, 0.1) is 12.4 Å². The van der Waals surface area contributed by atoms with Gasteiger partial charge in [0, 0.05) is 7.05 Å². The molecule has 1 heterocycles. The van der Waals surface area contributed by atoms with Gasteiger partial charge in [-0.15, -0.1) is 6.42 Å². The molecule has 1 rings (SSSR count). The van der Waals surface area contributed by atoms with Crippen molar-refractivity contribution < 1.29 is 4.74 Å². The molecule has 4 heteroatoms. The fourth-order valence-electron chi connectivity index (χ4n) is 0.654. The van der Waals surface area contributed by atoms with Crippen LogP contribution in [0.25, 0.3) is 0 Å². The van der Waals surface area contributed by atoms with E-state index in [1.807, 2.05) is 0 Å². The number of nitrogens with one attached hydrogen (secondary N) is 1. The molecule has 0 aliphatic rings. The van der Waals surface area contributed by atoms with Gasteiger partial charge in [0.25, 0.3) is 0 Å². The van der Waals surface area contributed by atoms with Crippen LogP contribution in [0, 0.1) is 12.3 Å². The first-order chi connectivity index (χ1) is 5.86. The van der Waals surface area contributed by atoms with Crippen molar-refractivity contribution in [3.63, 3.8) is 0 Å². The van der Waals surface area contributed by atoms with Crippen LogP contribution in [0.5, 0.6) is 5.88 Å². The summed E-state index contributed by atoms with van der Waals surface area (Å²) in [7, 11) is 1.76. The molecule has 62 valence electrons. The first-order valence-electron chi connectivity index (χ1n) is 3.43. The summed E-state index contributed by atoms with van der Waals surface area (Å²) < 4.78 is 5.05. The van der Waals surface area contributed by atoms with Crippen LogP contribution in [-0.2, 0) is 0 Å². The Morgan fingerprint density at radius 2 is 2.50 bits per heavy atom. The molecule has 0 aliphatic carbocycles. The Hall–Kier alpha value is -1.76. The van der Waals surface area contributed by atoms with Crippen molar-refractivity contribution in [2.75, 3.05) is 19.0 Å². The molecule has 0 saturated heterocycles. The third-order valence-electron chi connectivity index (χ3n) is 1.17. The third kappa shape index (κ3) is 2.13. The molecule has 0 aromatic carbocycles. The minimum Gasteiger partial charge on any atom is -0.463 e. The number of ether oxygens (including phenoxy) is 1. The number of nitrogens with zero attached hydrogens (tertiary/aromatic N) is 2. The van der Waals surface area contributed by atoms with Crippen LogP contribution in [0.2, 0.25) is 0 Å². The van der Waals surface area contributed by atoms with E-state index in [0.29, 0.717) is 11.7 Å². The van der Waals surface area contributed by atoms with Gasteiger partial charge in [-0.1, -0.05) is 5.92 Å². The Balaban J connectivity index is 2.67. The van der Waals surface area contributed by atoms with Crippen molar-refractivity contribution in [1.29, 1.82) is 0 Å². The molecule has 0 unspecified atom stereocenters. The highest BCUT2D eigenvalue weighted by atomic mass is 16.5. The van der Waals surface area contributed by atoms with Crippen LogP contribution in [0.1, 0.15) is 0 Å². The highest BCUT2D eigenvalue weighted by Crippen LogP contribution is 2.07. The first kappa shape index (κ1) is 8.34. The van der Waals surface area contributed by atoms with E-state index in [1.54, 1.807) is 13.2 Å². The van der Waals surface area contributed by atoms with Crippen molar-refractivity contribution in [1.82, 2.24) is 9.97 Å². The summed E-state index contributed by atoms with van der Waals surface area (Å²) in [6, 6.07) is 0. The average Bonchev–Trinajstić information content (AvgIpc) is 2.15. The minimum absolute atomic E-state index is 0.210. The molecule has 0 spiro atoms. The number of hydrogen-bond acceptors (Lipinski definition) is 4. The second-order valence-corrected chi connectivity index (χ2v) is 1.99. The molecule has 0 atom stereocenters. The summed E-state index contributed by atoms with van der Waals surface area (Å²) in [5.41, 5.74) is 0. The fraction of sp³-hybridized carbons (Fsp3) is 0.250. The Labute approximate surface area is 71.0 Å². The third-order valence-corrected chi connectivity index (χ3v) is 1.17. The predicted octanol–water partition coefficient (Wildman–Crippen LogP) is 0.530. The van der Waals surface area contributed by atoms with E-state index in [4.69, 9.17) is 11.2 Å². The van der Waals surface area contributed by atoms with E-state index < -0.39 is 0 Å². The zero-order valence-electron chi connectivity index (χ0n) is 6.74. The zero-order chi connectivity index (χ0) is 8.81. The molecule has 0 radical (unpaired) electrons. The number of hydrogen-bond donors (Lipinski definition) is 1. The lowest BCUT2D eigenvalue weighted by atomic mass is 10.6. The van der Waals surface area contributed by atoms with Crippen molar-refractivity contribution in [3.8, 4) is 18.2 Å². The van der Waals surface area contributed by atoms with Gasteiger partial charge >= 0.3 is 0 Å². The molecule has 1 N–H and O–H groups in total. The zero-order valence-corrected chi connectivity index (χ0v) is 6.74. The minimum atomic E-state index is 0.210. The molecular formula is C8H9N3O.